The molecule has 4 heterocycles. The molecular formula is C25H22BrF2N7O4. The van der Waals surface area contributed by atoms with E-state index in [-0.39, 0.29) is 21.6 Å². The normalized spacial score (nSPS) is 24.3. The van der Waals surface area contributed by atoms with Gasteiger partial charge >= 0.3 is 0 Å². The van der Waals surface area contributed by atoms with Gasteiger partial charge in [0, 0.05) is 18.2 Å². The van der Waals surface area contributed by atoms with Crippen LogP contribution in [-0.2, 0) is 11.2 Å². The first-order valence-corrected chi connectivity index (χ1v) is 12.8. The zero-order valence-corrected chi connectivity index (χ0v) is 21.9. The van der Waals surface area contributed by atoms with Crippen LogP contribution in [0.3, 0.4) is 0 Å². The Balaban J connectivity index is 1.37. The van der Waals surface area contributed by atoms with Crippen LogP contribution in [0.1, 0.15) is 29.4 Å². The molecule has 5 atom stereocenters. The summed E-state index contributed by atoms with van der Waals surface area (Å²) in [4.78, 5) is 8.82. The maximum atomic E-state index is 14.1. The van der Waals surface area contributed by atoms with Crippen molar-refractivity contribution < 1.29 is 28.8 Å². The summed E-state index contributed by atoms with van der Waals surface area (Å²) in [6.45, 7) is 1.14. The Hall–Kier alpha value is -3.43. The third-order valence-corrected chi connectivity index (χ3v) is 7.59. The summed E-state index contributed by atoms with van der Waals surface area (Å²) in [7, 11) is 0. The van der Waals surface area contributed by atoms with E-state index in [1.165, 1.54) is 10.9 Å². The van der Waals surface area contributed by atoms with Gasteiger partial charge in [-0.25, -0.2) is 23.1 Å². The van der Waals surface area contributed by atoms with Gasteiger partial charge in [-0.1, -0.05) is 5.21 Å². The minimum absolute atomic E-state index is 0.113. The third kappa shape index (κ3) is 4.47. The van der Waals surface area contributed by atoms with Crippen LogP contribution in [0.2, 0.25) is 0 Å². The molecule has 0 amide bonds. The monoisotopic (exact) mass is 601 g/mol. The number of nitrogens with zero attached hydrogens (tertiary/aromatic N) is 7. The minimum Gasteiger partial charge on any atom is -0.394 e. The van der Waals surface area contributed by atoms with Crippen molar-refractivity contribution >= 4 is 27.8 Å². The average Bonchev–Trinajstić information content (AvgIpc) is 3.67. The fourth-order valence-corrected chi connectivity index (χ4v) is 5.16. The number of aromatic nitrogens is 6. The molecular weight excluding hydrogens is 580 g/mol. The van der Waals surface area contributed by atoms with Crippen LogP contribution in [0.15, 0.2) is 46.0 Å². The Morgan fingerprint density at radius 3 is 2.64 bits per heavy atom. The van der Waals surface area contributed by atoms with E-state index in [2.05, 4.69) is 41.3 Å². The average molecular weight is 602 g/mol. The van der Waals surface area contributed by atoms with E-state index < -0.39 is 48.7 Å². The number of aryl methyl sites for hydroxylation is 1. The number of aliphatic imine (C=N–C) groups is 1. The van der Waals surface area contributed by atoms with Crippen molar-refractivity contribution in [3.05, 3.63) is 69.8 Å². The van der Waals surface area contributed by atoms with Crippen LogP contribution in [-0.4, -0.2) is 76.2 Å². The zero-order valence-electron chi connectivity index (χ0n) is 20.4. The topological polar surface area (TPSA) is 144 Å². The van der Waals surface area contributed by atoms with Crippen molar-refractivity contribution in [3.8, 4) is 16.9 Å². The second kappa shape index (κ2) is 9.95. The van der Waals surface area contributed by atoms with Gasteiger partial charge in [0.15, 0.2) is 5.82 Å². The summed E-state index contributed by atoms with van der Waals surface area (Å²) in [5.41, 5.74) is 2.77. The highest BCUT2D eigenvalue weighted by Gasteiger charge is 2.48. The molecule has 2 aromatic carbocycles. The summed E-state index contributed by atoms with van der Waals surface area (Å²) in [5, 5.41) is 45.0. The van der Waals surface area contributed by atoms with E-state index in [4.69, 9.17) is 4.74 Å². The lowest BCUT2D eigenvalue weighted by molar-refractivity contribution is -0.210. The molecule has 0 aliphatic carbocycles. The highest BCUT2D eigenvalue weighted by molar-refractivity contribution is 9.10. The molecule has 4 aromatic rings. The standard InChI is InChI=1S/C25H22BrF2N7O4/c1-11-30-25(35(32-11)14-2-3-17-12(6-14)4-5-29-17)24-23(38)21(22(37)19(10-36)39-24)34-9-18(31-33-34)13-7-15(27)20(26)16(28)8-13/h2-3,5-9,19,21-24,36-38H,4,10H2,1H3/t19-,21+,22+,23-,24-/m1/s1. The van der Waals surface area contributed by atoms with E-state index in [0.29, 0.717) is 17.9 Å². The van der Waals surface area contributed by atoms with Crippen LogP contribution in [0, 0.1) is 18.6 Å². The summed E-state index contributed by atoms with van der Waals surface area (Å²) in [6, 6.07) is 6.64. The first-order chi connectivity index (χ1) is 18.7. The molecule has 1 saturated heterocycles. The van der Waals surface area contributed by atoms with E-state index in [9.17, 15) is 24.1 Å². The van der Waals surface area contributed by atoms with Gasteiger partial charge in [-0.15, -0.1) is 5.10 Å². The van der Waals surface area contributed by atoms with Crippen LogP contribution >= 0.6 is 15.9 Å². The summed E-state index contributed by atoms with van der Waals surface area (Å²) in [5.74, 6) is -0.965. The number of halogens is 3. The highest BCUT2D eigenvalue weighted by atomic mass is 79.9. The van der Waals surface area contributed by atoms with Gasteiger partial charge in [-0.2, -0.15) is 5.10 Å². The first-order valence-electron chi connectivity index (χ1n) is 12.0. The number of ether oxygens (including phenoxy) is 1. The number of hydrogen-bond donors (Lipinski definition) is 3. The largest absolute Gasteiger partial charge is 0.394 e. The molecule has 2 aliphatic heterocycles. The lowest BCUT2D eigenvalue weighted by Gasteiger charge is -2.41. The lowest BCUT2D eigenvalue weighted by Crippen LogP contribution is -2.53. The highest BCUT2D eigenvalue weighted by Crippen LogP contribution is 2.39. The number of fused-ring (bicyclic) bond motifs is 1. The Labute approximate surface area is 228 Å². The van der Waals surface area contributed by atoms with Crippen LogP contribution < -0.4 is 0 Å². The number of benzene rings is 2. The predicted octanol–water partition coefficient (Wildman–Crippen LogP) is 2.53. The molecule has 3 N–H and O–H groups in total. The third-order valence-electron chi connectivity index (χ3n) is 6.83. The predicted molar refractivity (Wildman–Crippen MR) is 137 cm³/mol. The van der Waals surface area contributed by atoms with E-state index >= 15 is 0 Å². The Morgan fingerprint density at radius 1 is 1.13 bits per heavy atom. The van der Waals surface area contributed by atoms with Crippen molar-refractivity contribution in [1.82, 2.24) is 29.8 Å². The number of hydrogen-bond acceptors (Lipinski definition) is 9. The second-order valence-corrected chi connectivity index (χ2v) is 10.1. The SMILES string of the molecule is Cc1nc([C@@H]2O[C@H](CO)[C@H](O)[C@H](n3cc(-c4cc(F)c(Br)c(F)c4)nn3)[C@H]2O)n(-c2ccc3c(c2)CC=N3)n1. The second-order valence-electron chi connectivity index (χ2n) is 9.34. The van der Waals surface area contributed by atoms with Crippen molar-refractivity contribution in [1.29, 1.82) is 0 Å². The molecule has 0 unspecified atom stereocenters. The number of aliphatic hydroxyl groups is 3. The fraction of sp³-hybridized carbons (Fsp3) is 0.320. The number of rotatable bonds is 5. The molecule has 0 spiro atoms. The van der Waals surface area contributed by atoms with Gasteiger partial charge in [0.05, 0.1) is 28.7 Å². The zero-order chi connectivity index (χ0) is 27.4. The molecule has 0 saturated carbocycles. The summed E-state index contributed by atoms with van der Waals surface area (Å²) >= 11 is 2.84. The Morgan fingerprint density at radius 2 is 1.90 bits per heavy atom. The van der Waals surface area contributed by atoms with Gasteiger partial charge < -0.3 is 20.1 Å². The molecule has 0 radical (unpaired) electrons. The van der Waals surface area contributed by atoms with Gasteiger partial charge in [0.2, 0.25) is 0 Å². The number of aliphatic hydroxyl groups excluding tert-OH is 3. The van der Waals surface area contributed by atoms with Gasteiger partial charge in [0.1, 0.15) is 53.6 Å². The Kier molecular flexibility index (Phi) is 6.59. The molecule has 6 rings (SSSR count). The lowest BCUT2D eigenvalue weighted by atomic mass is 9.92. The van der Waals surface area contributed by atoms with Crippen molar-refractivity contribution in [2.75, 3.05) is 6.61 Å². The summed E-state index contributed by atoms with van der Waals surface area (Å²) < 4.78 is 36.6. The van der Waals surface area contributed by atoms with E-state index in [1.807, 2.05) is 24.4 Å². The maximum absolute atomic E-state index is 14.1. The van der Waals surface area contributed by atoms with Crippen LogP contribution in [0.25, 0.3) is 16.9 Å². The quantitative estimate of drug-likeness (QED) is 0.296. The molecule has 14 heteroatoms. The van der Waals surface area contributed by atoms with Crippen molar-refractivity contribution in [2.45, 2.75) is 43.8 Å². The van der Waals surface area contributed by atoms with Crippen LogP contribution in [0.4, 0.5) is 14.5 Å². The molecule has 0 bridgehead atoms. The van der Waals surface area contributed by atoms with Crippen molar-refractivity contribution in [3.63, 3.8) is 0 Å². The Bertz CT molecular complexity index is 1570. The first kappa shape index (κ1) is 25.8. The van der Waals surface area contributed by atoms with Crippen molar-refractivity contribution in [2.24, 2.45) is 4.99 Å². The summed E-state index contributed by atoms with van der Waals surface area (Å²) in [6.07, 6.45) is -1.21. The van der Waals surface area contributed by atoms with Gasteiger partial charge in [0.25, 0.3) is 0 Å². The smallest absolute Gasteiger partial charge is 0.164 e. The molecule has 2 aromatic heterocycles. The molecule has 202 valence electrons. The molecule has 2 aliphatic rings. The molecule has 11 nitrogen and oxygen atoms in total. The van der Waals surface area contributed by atoms with Gasteiger partial charge in [-0.05, 0) is 58.7 Å². The van der Waals surface area contributed by atoms with E-state index in [1.54, 1.807) is 11.6 Å². The van der Waals surface area contributed by atoms with E-state index in [0.717, 1.165) is 23.4 Å². The molecule has 1 fully saturated rings. The van der Waals surface area contributed by atoms with Crippen LogP contribution in [0.5, 0.6) is 0 Å². The maximum Gasteiger partial charge on any atom is 0.164 e. The minimum atomic E-state index is -1.42. The van der Waals surface area contributed by atoms with Gasteiger partial charge in [-0.3, -0.25) is 4.99 Å². The molecule has 39 heavy (non-hydrogen) atoms. The fourth-order valence-electron chi connectivity index (χ4n) is 4.93.